The fourth-order valence-electron chi connectivity index (χ4n) is 5.54. The molecule has 0 unspecified atom stereocenters. The Bertz CT molecular complexity index is 2240. The number of benzene rings is 6. The molecular formula is C36H18O7S2. The maximum absolute atomic E-state index is 12.4. The van der Waals surface area contributed by atoms with E-state index in [2.05, 4.69) is 0 Å². The highest BCUT2D eigenvalue weighted by Crippen LogP contribution is 2.40. The monoisotopic (exact) mass is 626 g/mol. The number of hydrogen-bond acceptors (Lipinski definition) is 9. The van der Waals surface area contributed by atoms with Crippen molar-refractivity contribution < 1.29 is 33.4 Å². The quantitative estimate of drug-likeness (QED) is 0.133. The number of esters is 4. The van der Waals surface area contributed by atoms with E-state index in [1.54, 1.807) is 36.4 Å². The van der Waals surface area contributed by atoms with Crippen LogP contribution in [-0.2, 0) is 9.47 Å². The number of carbonyl (C=O) groups excluding carboxylic acids is 4. The van der Waals surface area contributed by atoms with Gasteiger partial charge in [0.05, 0.1) is 22.3 Å². The van der Waals surface area contributed by atoms with Crippen molar-refractivity contribution >= 4 is 68.9 Å². The van der Waals surface area contributed by atoms with Crippen LogP contribution in [0.1, 0.15) is 41.4 Å². The molecule has 0 radical (unpaired) electrons. The van der Waals surface area contributed by atoms with E-state index in [0.29, 0.717) is 44.5 Å². The molecule has 45 heavy (non-hydrogen) atoms. The highest BCUT2D eigenvalue weighted by Gasteiger charge is 2.29. The van der Waals surface area contributed by atoms with Crippen molar-refractivity contribution in [1.82, 2.24) is 0 Å². The van der Waals surface area contributed by atoms with Crippen LogP contribution in [0.15, 0.2) is 129 Å². The Labute approximate surface area is 264 Å². The molecular weight excluding hydrogens is 609 g/mol. The Balaban J connectivity index is 0.975. The second kappa shape index (κ2) is 10.7. The van der Waals surface area contributed by atoms with Gasteiger partial charge in [-0.05, 0) is 95.7 Å². The van der Waals surface area contributed by atoms with Gasteiger partial charge in [0.2, 0.25) is 0 Å². The molecule has 2 aliphatic rings. The summed E-state index contributed by atoms with van der Waals surface area (Å²) in [7, 11) is 0. The first-order valence-electron chi connectivity index (χ1n) is 13.8. The number of carbonyl (C=O) groups is 4. The zero-order valence-electron chi connectivity index (χ0n) is 23.1. The SMILES string of the molecule is O=C1OC(=O)c2cc(Sc3ccc(Oc4ccc(Sc5ccc6c7c(cccc57)C(=O)OC6=O)cc4)cc3)cc3cccc1c23. The van der Waals surface area contributed by atoms with E-state index in [1.807, 2.05) is 72.8 Å². The number of cyclic esters (lactones) is 4. The van der Waals surface area contributed by atoms with E-state index in [1.165, 1.54) is 23.5 Å². The van der Waals surface area contributed by atoms with E-state index in [4.69, 9.17) is 14.2 Å². The van der Waals surface area contributed by atoms with E-state index in [0.717, 1.165) is 30.4 Å². The Morgan fingerprint density at radius 2 is 1.02 bits per heavy atom. The zero-order valence-corrected chi connectivity index (χ0v) is 24.7. The minimum absolute atomic E-state index is 0.385. The second-order valence-corrected chi connectivity index (χ2v) is 12.6. The van der Waals surface area contributed by atoms with Gasteiger partial charge < -0.3 is 14.2 Å². The Kier molecular flexibility index (Phi) is 6.44. The minimum Gasteiger partial charge on any atom is -0.457 e. The molecule has 0 aliphatic carbocycles. The largest absolute Gasteiger partial charge is 0.457 e. The molecule has 0 fully saturated rings. The maximum atomic E-state index is 12.4. The maximum Gasteiger partial charge on any atom is 0.346 e. The molecule has 0 bridgehead atoms. The standard InChI is InChI=1S/C36H18O7S2/c37-33-26-5-1-3-19-17-24(18-29(31(19)26)36(40)43-33)44-22-11-7-20(8-12-22)41-21-9-13-23(14-10-21)45-30-16-15-28-32-25(30)4-2-6-27(32)34(38)42-35(28)39/h1-18H. The second-order valence-electron chi connectivity index (χ2n) is 10.3. The first-order chi connectivity index (χ1) is 21.9. The van der Waals surface area contributed by atoms with E-state index in [9.17, 15) is 19.2 Å². The van der Waals surface area contributed by atoms with Crippen LogP contribution < -0.4 is 4.74 Å². The lowest BCUT2D eigenvalue weighted by molar-refractivity contribution is 0.0373. The van der Waals surface area contributed by atoms with Gasteiger partial charge in [-0.1, -0.05) is 47.8 Å². The third-order valence-corrected chi connectivity index (χ3v) is 9.61. The lowest BCUT2D eigenvalue weighted by Gasteiger charge is -2.17. The molecule has 6 aromatic carbocycles. The lowest BCUT2D eigenvalue weighted by atomic mass is 9.97. The smallest absolute Gasteiger partial charge is 0.346 e. The normalized spacial score (nSPS) is 13.6. The molecule has 0 aromatic heterocycles. The molecule has 2 heterocycles. The van der Waals surface area contributed by atoms with Crippen LogP contribution >= 0.6 is 23.5 Å². The summed E-state index contributed by atoms with van der Waals surface area (Å²) in [4.78, 5) is 52.7. The van der Waals surface area contributed by atoms with Crippen LogP contribution in [0.5, 0.6) is 11.5 Å². The molecule has 0 saturated heterocycles. The fraction of sp³-hybridized carbons (Fsp3) is 0. The Morgan fingerprint density at radius 1 is 0.467 bits per heavy atom. The first-order valence-corrected chi connectivity index (χ1v) is 15.4. The minimum atomic E-state index is -0.636. The number of ether oxygens (including phenoxy) is 3. The molecule has 7 nitrogen and oxygen atoms in total. The van der Waals surface area contributed by atoms with Gasteiger partial charge in [0, 0.05) is 30.4 Å². The molecule has 2 aliphatic heterocycles. The third kappa shape index (κ3) is 4.82. The van der Waals surface area contributed by atoms with Gasteiger partial charge in [0.15, 0.2) is 0 Å². The summed E-state index contributed by atoms with van der Waals surface area (Å²) in [6, 6.07) is 33.3. The topological polar surface area (TPSA) is 96.0 Å². The van der Waals surface area contributed by atoms with Crippen LogP contribution in [0.2, 0.25) is 0 Å². The van der Waals surface area contributed by atoms with Gasteiger partial charge in [0.25, 0.3) is 0 Å². The Hall–Kier alpha value is -5.38. The highest BCUT2D eigenvalue weighted by atomic mass is 32.2. The van der Waals surface area contributed by atoms with Crippen molar-refractivity contribution in [3.05, 3.63) is 131 Å². The molecule has 9 heteroatoms. The predicted molar refractivity (Wildman–Crippen MR) is 169 cm³/mol. The summed E-state index contributed by atoms with van der Waals surface area (Å²) in [5.74, 6) is -1.18. The van der Waals surface area contributed by atoms with Gasteiger partial charge in [-0.15, -0.1) is 0 Å². The third-order valence-electron chi connectivity index (χ3n) is 7.55. The van der Waals surface area contributed by atoms with Crippen LogP contribution in [-0.4, -0.2) is 23.9 Å². The fourth-order valence-corrected chi connectivity index (χ4v) is 7.39. The molecule has 216 valence electrons. The van der Waals surface area contributed by atoms with E-state index >= 15 is 0 Å². The van der Waals surface area contributed by atoms with Crippen molar-refractivity contribution in [3.8, 4) is 11.5 Å². The molecule has 0 atom stereocenters. The van der Waals surface area contributed by atoms with Gasteiger partial charge in [0.1, 0.15) is 11.5 Å². The number of rotatable bonds is 6. The summed E-state index contributed by atoms with van der Waals surface area (Å²) < 4.78 is 15.9. The summed E-state index contributed by atoms with van der Waals surface area (Å²) in [6.07, 6.45) is 0. The van der Waals surface area contributed by atoms with Gasteiger partial charge in [-0.25, -0.2) is 19.2 Å². The van der Waals surface area contributed by atoms with Crippen LogP contribution in [0.3, 0.4) is 0 Å². The molecule has 6 aromatic rings. The highest BCUT2D eigenvalue weighted by molar-refractivity contribution is 7.99. The summed E-state index contributed by atoms with van der Waals surface area (Å²) >= 11 is 3.02. The van der Waals surface area contributed by atoms with Crippen LogP contribution in [0, 0.1) is 0 Å². The molecule has 0 saturated carbocycles. The van der Waals surface area contributed by atoms with E-state index in [-0.39, 0.29) is 0 Å². The van der Waals surface area contributed by atoms with Crippen molar-refractivity contribution in [2.75, 3.05) is 0 Å². The van der Waals surface area contributed by atoms with Crippen molar-refractivity contribution in [2.45, 2.75) is 19.6 Å². The van der Waals surface area contributed by atoms with Gasteiger partial charge in [-0.3, -0.25) is 0 Å². The van der Waals surface area contributed by atoms with Crippen molar-refractivity contribution in [1.29, 1.82) is 0 Å². The van der Waals surface area contributed by atoms with Crippen molar-refractivity contribution in [3.63, 3.8) is 0 Å². The van der Waals surface area contributed by atoms with Gasteiger partial charge >= 0.3 is 23.9 Å². The predicted octanol–water partition coefficient (Wildman–Crippen LogP) is 8.71. The summed E-state index contributed by atoms with van der Waals surface area (Å²) in [6.45, 7) is 0. The summed E-state index contributed by atoms with van der Waals surface area (Å²) in [5, 5.41) is 2.87. The molecule has 0 N–H and O–H groups in total. The van der Waals surface area contributed by atoms with Crippen molar-refractivity contribution in [2.24, 2.45) is 0 Å². The zero-order chi connectivity index (χ0) is 30.7. The molecule has 8 rings (SSSR count). The molecule has 0 amide bonds. The van der Waals surface area contributed by atoms with Crippen LogP contribution in [0.4, 0.5) is 0 Å². The molecule has 0 spiro atoms. The Morgan fingerprint density at radius 3 is 1.69 bits per heavy atom. The summed E-state index contributed by atoms with van der Waals surface area (Å²) in [5.41, 5.74) is 1.56. The first kappa shape index (κ1) is 27.2. The van der Waals surface area contributed by atoms with E-state index < -0.39 is 23.9 Å². The van der Waals surface area contributed by atoms with Crippen LogP contribution in [0.25, 0.3) is 21.5 Å². The average Bonchev–Trinajstić information content (AvgIpc) is 3.04. The van der Waals surface area contributed by atoms with Gasteiger partial charge in [-0.2, -0.15) is 0 Å². The average molecular weight is 627 g/mol. The lowest BCUT2D eigenvalue weighted by Crippen LogP contribution is -2.19. The number of hydrogen-bond donors (Lipinski definition) is 0.